The lowest BCUT2D eigenvalue weighted by Gasteiger charge is -2.19. The average Bonchev–Trinajstić information content (AvgIpc) is 2.94. The lowest BCUT2D eigenvalue weighted by atomic mass is 10.2. The van der Waals surface area contributed by atoms with E-state index < -0.39 is 0 Å². The van der Waals surface area contributed by atoms with Crippen LogP contribution in [0.5, 0.6) is 0 Å². The van der Waals surface area contributed by atoms with Crippen molar-refractivity contribution in [1.29, 1.82) is 0 Å². The third kappa shape index (κ3) is 2.51. The molecule has 1 aliphatic heterocycles. The summed E-state index contributed by atoms with van der Waals surface area (Å²) in [7, 11) is 0. The van der Waals surface area contributed by atoms with E-state index in [1.807, 2.05) is 0 Å². The number of rotatable bonds is 3. The molecule has 0 bridgehead atoms. The second-order valence-corrected chi connectivity index (χ2v) is 6.10. The van der Waals surface area contributed by atoms with Crippen LogP contribution in [-0.2, 0) is 0 Å². The Morgan fingerprint density at radius 2 is 2.06 bits per heavy atom. The van der Waals surface area contributed by atoms with Gasteiger partial charge in [0.05, 0.1) is 0 Å². The van der Waals surface area contributed by atoms with Crippen LogP contribution in [0.25, 0.3) is 0 Å². The van der Waals surface area contributed by atoms with E-state index in [1.54, 1.807) is 0 Å². The van der Waals surface area contributed by atoms with Crippen LogP contribution in [0.4, 0.5) is 5.69 Å². The maximum Gasteiger partial charge on any atom is 0.0377 e. The zero-order valence-electron chi connectivity index (χ0n) is 9.32. The molecule has 3 heteroatoms. The molecule has 1 heterocycles. The highest BCUT2D eigenvalue weighted by atomic mass is 127. The Labute approximate surface area is 111 Å². The molecule has 1 atom stereocenters. The fraction of sp³-hybridized carbons (Fsp3) is 0.538. The smallest absolute Gasteiger partial charge is 0.0377 e. The number of benzene rings is 1. The van der Waals surface area contributed by atoms with E-state index in [9.17, 15) is 0 Å². The van der Waals surface area contributed by atoms with Crippen molar-refractivity contribution in [1.82, 2.24) is 5.32 Å². The molecule has 1 saturated heterocycles. The first-order chi connectivity index (χ1) is 7.81. The van der Waals surface area contributed by atoms with E-state index in [4.69, 9.17) is 0 Å². The first kappa shape index (κ1) is 10.8. The van der Waals surface area contributed by atoms with E-state index >= 15 is 0 Å². The highest BCUT2D eigenvalue weighted by molar-refractivity contribution is 14.1. The Balaban J connectivity index is 1.63. The summed E-state index contributed by atoms with van der Waals surface area (Å²) in [5.41, 5.74) is 1.38. The summed E-state index contributed by atoms with van der Waals surface area (Å²) in [5.74, 6) is 0. The first-order valence-electron chi connectivity index (χ1n) is 6.08. The van der Waals surface area contributed by atoms with Gasteiger partial charge in [0.25, 0.3) is 0 Å². The van der Waals surface area contributed by atoms with Gasteiger partial charge >= 0.3 is 0 Å². The number of anilines is 1. The van der Waals surface area contributed by atoms with E-state index in [0.717, 1.165) is 6.04 Å². The Hall–Kier alpha value is -0.290. The van der Waals surface area contributed by atoms with Crippen molar-refractivity contribution in [2.75, 3.05) is 18.0 Å². The zero-order chi connectivity index (χ0) is 11.0. The quantitative estimate of drug-likeness (QED) is 0.858. The van der Waals surface area contributed by atoms with Gasteiger partial charge < -0.3 is 10.2 Å². The molecule has 86 valence electrons. The summed E-state index contributed by atoms with van der Waals surface area (Å²) in [6, 6.07) is 10.4. The topological polar surface area (TPSA) is 15.3 Å². The predicted octanol–water partition coefficient (Wildman–Crippen LogP) is 2.62. The van der Waals surface area contributed by atoms with E-state index in [2.05, 4.69) is 57.1 Å². The molecule has 3 rings (SSSR count). The summed E-state index contributed by atoms with van der Waals surface area (Å²) in [5, 5.41) is 3.72. The Kier molecular flexibility index (Phi) is 3.07. The van der Waals surface area contributed by atoms with Crippen LogP contribution in [-0.4, -0.2) is 25.2 Å². The average molecular weight is 328 g/mol. The molecule has 1 N–H and O–H groups in total. The van der Waals surface area contributed by atoms with Crippen molar-refractivity contribution in [2.24, 2.45) is 0 Å². The molecule has 2 fully saturated rings. The molecular weight excluding hydrogens is 311 g/mol. The van der Waals surface area contributed by atoms with Crippen LogP contribution >= 0.6 is 22.6 Å². The highest BCUT2D eigenvalue weighted by Gasteiger charge is 2.29. The van der Waals surface area contributed by atoms with Crippen LogP contribution in [0.15, 0.2) is 24.3 Å². The molecule has 0 aromatic heterocycles. The van der Waals surface area contributed by atoms with Gasteiger partial charge in [0, 0.05) is 34.4 Å². The minimum atomic E-state index is 0.713. The number of halogens is 1. The van der Waals surface area contributed by atoms with Gasteiger partial charge in [-0.25, -0.2) is 0 Å². The maximum atomic E-state index is 3.72. The van der Waals surface area contributed by atoms with Crippen LogP contribution in [0.3, 0.4) is 0 Å². The van der Waals surface area contributed by atoms with Crippen LogP contribution in [0.1, 0.15) is 19.3 Å². The Morgan fingerprint density at radius 3 is 2.81 bits per heavy atom. The normalized spacial score (nSPS) is 25.1. The van der Waals surface area contributed by atoms with Gasteiger partial charge in [-0.15, -0.1) is 0 Å². The largest absolute Gasteiger partial charge is 0.370 e. The van der Waals surface area contributed by atoms with Crippen LogP contribution in [0.2, 0.25) is 0 Å². The van der Waals surface area contributed by atoms with Crippen LogP contribution < -0.4 is 10.2 Å². The highest BCUT2D eigenvalue weighted by Crippen LogP contribution is 2.25. The summed E-state index contributed by atoms with van der Waals surface area (Å²) in [6.45, 7) is 2.38. The number of hydrogen-bond donors (Lipinski definition) is 1. The van der Waals surface area contributed by atoms with Crippen molar-refractivity contribution in [3.8, 4) is 0 Å². The molecular formula is C13H17IN2. The monoisotopic (exact) mass is 328 g/mol. The number of nitrogens with one attached hydrogen (secondary N) is 1. The first-order valence-corrected chi connectivity index (χ1v) is 7.16. The van der Waals surface area contributed by atoms with Crippen molar-refractivity contribution in [2.45, 2.75) is 31.3 Å². The summed E-state index contributed by atoms with van der Waals surface area (Å²) in [6.07, 6.45) is 4.07. The second kappa shape index (κ2) is 4.53. The lowest BCUT2D eigenvalue weighted by molar-refractivity contribution is 0.548. The lowest BCUT2D eigenvalue weighted by Crippen LogP contribution is -2.33. The molecule has 0 spiro atoms. The molecule has 0 radical (unpaired) electrons. The molecule has 1 aliphatic carbocycles. The van der Waals surface area contributed by atoms with Gasteiger partial charge in [0.2, 0.25) is 0 Å². The number of nitrogens with zero attached hydrogens (tertiary/aromatic N) is 1. The molecule has 1 aromatic carbocycles. The standard InChI is InChI=1S/C13H17IN2/c14-10-2-1-3-13(8-10)16-7-6-12(9-16)15-11-4-5-11/h1-3,8,11-12,15H,4-7,9H2. The third-order valence-corrected chi connectivity index (χ3v) is 4.08. The predicted molar refractivity (Wildman–Crippen MR) is 75.9 cm³/mol. The molecule has 1 unspecified atom stereocenters. The van der Waals surface area contributed by atoms with Crippen molar-refractivity contribution in [3.63, 3.8) is 0 Å². The van der Waals surface area contributed by atoms with Gasteiger partial charge in [-0.2, -0.15) is 0 Å². The maximum absolute atomic E-state index is 3.72. The molecule has 16 heavy (non-hydrogen) atoms. The SMILES string of the molecule is Ic1cccc(N2CCC(NC3CC3)C2)c1. The molecule has 2 aliphatic rings. The summed E-state index contributed by atoms with van der Waals surface area (Å²) < 4.78 is 1.33. The third-order valence-electron chi connectivity index (χ3n) is 3.41. The minimum Gasteiger partial charge on any atom is -0.370 e. The van der Waals surface area contributed by atoms with Gasteiger partial charge in [-0.3, -0.25) is 0 Å². The Bertz CT molecular complexity index is 376. The van der Waals surface area contributed by atoms with E-state index in [0.29, 0.717) is 6.04 Å². The summed E-state index contributed by atoms with van der Waals surface area (Å²) in [4.78, 5) is 2.50. The van der Waals surface area contributed by atoms with E-state index in [1.165, 1.54) is 41.6 Å². The fourth-order valence-electron chi connectivity index (χ4n) is 2.39. The van der Waals surface area contributed by atoms with Crippen molar-refractivity contribution >= 4 is 28.3 Å². The summed E-state index contributed by atoms with van der Waals surface area (Å²) >= 11 is 2.38. The van der Waals surface area contributed by atoms with E-state index in [-0.39, 0.29) is 0 Å². The van der Waals surface area contributed by atoms with Crippen molar-refractivity contribution < 1.29 is 0 Å². The van der Waals surface area contributed by atoms with Gasteiger partial charge in [-0.1, -0.05) is 6.07 Å². The zero-order valence-corrected chi connectivity index (χ0v) is 11.5. The fourth-order valence-corrected chi connectivity index (χ4v) is 2.91. The van der Waals surface area contributed by atoms with Gasteiger partial charge in [0.15, 0.2) is 0 Å². The van der Waals surface area contributed by atoms with Crippen LogP contribution in [0, 0.1) is 3.57 Å². The molecule has 0 amide bonds. The minimum absolute atomic E-state index is 0.713. The molecule has 1 saturated carbocycles. The Morgan fingerprint density at radius 1 is 1.19 bits per heavy atom. The number of hydrogen-bond acceptors (Lipinski definition) is 2. The van der Waals surface area contributed by atoms with Gasteiger partial charge in [-0.05, 0) is 60.1 Å². The molecule has 2 nitrogen and oxygen atoms in total. The van der Waals surface area contributed by atoms with Crippen molar-refractivity contribution in [3.05, 3.63) is 27.8 Å². The van der Waals surface area contributed by atoms with Gasteiger partial charge in [0.1, 0.15) is 0 Å². The second-order valence-electron chi connectivity index (χ2n) is 4.85. The molecule has 1 aromatic rings.